The van der Waals surface area contributed by atoms with E-state index < -0.39 is 0 Å². The monoisotopic (exact) mass is 352 g/mol. The number of halogens is 1. The molecule has 23 heavy (non-hydrogen) atoms. The predicted molar refractivity (Wildman–Crippen MR) is 91.5 cm³/mol. The van der Waals surface area contributed by atoms with Crippen molar-refractivity contribution in [3.05, 3.63) is 33.3 Å². The second kappa shape index (κ2) is 5.98. The smallest absolute Gasteiger partial charge is 0.216 e. The van der Waals surface area contributed by atoms with Gasteiger partial charge in [-0.2, -0.15) is 14.9 Å². The molecule has 1 N–H and O–H groups in total. The Hall–Kier alpha value is -1.86. The summed E-state index contributed by atoms with van der Waals surface area (Å²) in [6, 6.07) is 3.61. The van der Waals surface area contributed by atoms with Crippen LogP contribution in [0.1, 0.15) is 32.2 Å². The third kappa shape index (κ3) is 3.25. The van der Waals surface area contributed by atoms with E-state index in [1.165, 1.54) is 0 Å². The zero-order chi connectivity index (χ0) is 16.6. The van der Waals surface area contributed by atoms with Gasteiger partial charge in [0.05, 0.1) is 11.2 Å². The van der Waals surface area contributed by atoms with E-state index in [4.69, 9.17) is 33.3 Å². The van der Waals surface area contributed by atoms with Crippen molar-refractivity contribution in [2.24, 2.45) is 5.10 Å². The number of rotatable bonds is 2. The van der Waals surface area contributed by atoms with Crippen LogP contribution in [0.2, 0.25) is 5.02 Å². The van der Waals surface area contributed by atoms with Crippen LogP contribution >= 0.6 is 23.8 Å². The second-order valence-corrected chi connectivity index (χ2v) is 6.98. The van der Waals surface area contributed by atoms with Gasteiger partial charge in [-0.15, -0.1) is 0 Å². The molecule has 1 aliphatic rings. The highest BCUT2D eigenvalue weighted by Crippen LogP contribution is 2.37. The third-order valence-corrected chi connectivity index (χ3v) is 3.81. The molecule has 1 aromatic heterocycles. The Bertz CT molecular complexity index is 820. The maximum absolute atomic E-state index is 6.23. The van der Waals surface area contributed by atoms with E-state index in [0.29, 0.717) is 34.5 Å². The van der Waals surface area contributed by atoms with E-state index >= 15 is 0 Å². The Balaban J connectivity index is 1.97. The molecule has 2 aromatic rings. The van der Waals surface area contributed by atoms with Crippen molar-refractivity contribution in [1.82, 2.24) is 14.9 Å². The number of hydrogen-bond donors (Lipinski definition) is 1. The molecule has 0 bridgehead atoms. The van der Waals surface area contributed by atoms with Crippen LogP contribution in [0.25, 0.3) is 0 Å². The molecule has 0 aliphatic carbocycles. The molecule has 8 heteroatoms. The first-order chi connectivity index (χ1) is 10.9. The first-order valence-corrected chi connectivity index (χ1v) is 7.96. The lowest BCUT2D eigenvalue weighted by atomic mass is 9.96. The Morgan fingerprint density at radius 1 is 1.35 bits per heavy atom. The number of nitrogens with zero attached hydrogens (tertiary/aromatic N) is 3. The summed E-state index contributed by atoms with van der Waals surface area (Å²) in [6.45, 7) is 7.14. The number of ether oxygens (including phenoxy) is 2. The standard InChI is InChI=1S/C15H17ClN4O2S/c1-15(2,3)13-18-19-14(23)20(13)17-8-9-6-10(16)12-11(7-9)21-4-5-22-12/h6-8H,4-5H2,1-3H3,(H,19,23)/b17-8-. The van der Waals surface area contributed by atoms with E-state index in [0.717, 1.165) is 11.4 Å². The van der Waals surface area contributed by atoms with Crippen molar-refractivity contribution in [2.45, 2.75) is 26.2 Å². The van der Waals surface area contributed by atoms with Crippen molar-refractivity contribution in [3.8, 4) is 11.5 Å². The molecule has 1 aliphatic heterocycles. The molecule has 0 fully saturated rings. The average Bonchev–Trinajstić information content (AvgIpc) is 2.86. The summed E-state index contributed by atoms with van der Waals surface area (Å²) >= 11 is 11.5. The van der Waals surface area contributed by atoms with E-state index in [2.05, 4.69) is 15.3 Å². The molecule has 122 valence electrons. The molecule has 0 amide bonds. The molecule has 0 unspecified atom stereocenters. The second-order valence-electron chi connectivity index (χ2n) is 6.19. The molecule has 1 aromatic carbocycles. The molecular formula is C15H17ClN4O2S. The van der Waals surface area contributed by atoms with Crippen LogP contribution in [0.5, 0.6) is 11.5 Å². The lowest BCUT2D eigenvalue weighted by Crippen LogP contribution is -2.17. The fourth-order valence-electron chi connectivity index (χ4n) is 2.21. The molecule has 0 saturated carbocycles. The molecule has 6 nitrogen and oxygen atoms in total. The Morgan fingerprint density at radius 2 is 2.09 bits per heavy atom. The maximum atomic E-state index is 6.23. The van der Waals surface area contributed by atoms with E-state index in [-0.39, 0.29) is 5.41 Å². The molecule has 0 radical (unpaired) electrons. The van der Waals surface area contributed by atoms with Crippen molar-refractivity contribution < 1.29 is 9.47 Å². The van der Waals surface area contributed by atoms with Gasteiger partial charge in [-0.25, -0.2) is 0 Å². The van der Waals surface area contributed by atoms with Crippen molar-refractivity contribution in [3.63, 3.8) is 0 Å². The molecule has 3 rings (SSSR count). The van der Waals surface area contributed by atoms with Gasteiger partial charge in [-0.3, -0.25) is 5.10 Å². The number of fused-ring (bicyclic) bond motifs is 1. The Kier molecular flexibility index (Phi) is 4.16. The number of aromatic nitrogens is 3. The van der Waals surface area contributed by atoms with Gasteiger partial charge in [0.2, 0.25) is 4.77 Å². The fourth-order valence-corrected chi connectivity index (χ4v) is 2.67. The molecule has 2 heterocycles. The van der Waals surface area contributed by atoms with Gasteiger partial charge < -0.3 is 9.47 Å². The normalized spacial score (nSPS) is 14.4. The summed E-state index contributed by atoms with van der Waals surface area (Å²) in [6.07, 6.45) is 1.67. The van der Waals surface area contributed by atoms with Gasteiger partial charge in [0.1, 0.15) is 13.2 Å². The first-order valence-electron chi connectivity index (χ1n) is 7.17. The topological polar surface area (TPSA) is 64.4 Å². The number of benzene rings is 1. The van der Waals surface area contributed by atoms with Crippen LogP contribution in [-0.4, -0.2) is 34.3 Å². The quantitative estimate of drug-likeness (QED) is 0.663. The first kappa shape index (κ1) is 16.0. The van der Waals surface area contributed by atoms with Crippen molar-refractivity contribution in [1.29, 1.82) is 0 Å². The van der Waals surface area contributed by atoms with Crippen LogP contribution in [0, 0.1) is 4.77 Å². The lowest BCUT2D eigenvalue weighted by Gasteiger charge is -2.19. The van der Waals surface area contributed by atoms with E-state index in [1.54, 1.807) is 17.0 Å². The third-order valence-electron chi connectivity index (χ3n) is 3.26. The van der Waals surface area contributed by atoms with Crippen LogP contribution in [0.4, 0.5) is 0 Å². The number of aromatic amines is 1. The van der Waals surface area contributed by atoms with Crippen LogP contribution in [0.15, 0.2) is 17.2 Å². The van der Waals surface area contributed by atoms with Gasteiger partial charge in [0.15, 0.2) is 17.3 Å². The fraction of sp³-hybridized carbons (Fsp3) is 0.400. The highest BCUT2D eigenvalue weighted by atomic mass is 35.5. The number of nitrogens with one attached hydrogen (secondary N) is 1. The van der Waals surface area contributed by atoms with E-state index in [1.807, 2.05) is 26.8 Å². The lowest BCUT2D eigenvalue weighted by molar-refractivity contribution is 0.171. The van der Waals surface area contributed by atoms with Crippen molar-refractivity contribution >= 4 is 30.0 Å². The van der Waals surface area contributed by atoms with Gasteiger partial charge in [-0.1, -0.05) is 32.4 Å². The highest BCUT2D eigenvalue weighted by Gasteiger charge is 2.21. The molecule has 0 saturated heterocycles. The maximum Gasteiger partial charge on any atom is 0.216 e. The number of hydrogen-bond acceptors (Lipinski definition) is 5. The minimum absolute atomic E-state index is 0.185. The largest absolute Gasteiger partial charge is 0.486 e. The summed E-state index contributed by atoms with van der Waals surface area (Å²) < 4.78 is 13.1. The summed E-state index contributed by atoms with van der Waals surface area (Å²) in [4.78, 5) is 0. The van der Waals surface area contributed by atoms with Gasteiger partial charge in [-0.05, 0) is 29.9 Å². The minimum atomic E-state index is -0.185. The van der Waals surface area contributed by atoms with E-state index in [9.17, 15) is 0 Å². The Labute approximate surface area is 144 Å². The predicted octanol–water partition coefficient (Wildman–Crippen LogP) is 3.54. The highest BCUT2D eigenvalue weighted by molar-refractivity contribution is 7.71. The average molecular weight is 353 g/mol. The summed E-state index contributed by atoms with van der Waals surface area (Å²) in [7, 11) is 0. The number of H-pyrrole nitrogens is 1. The van der Waals surface area contributed by atoms with Crippen LogP contribution in [0.3, 0.4) is 0 Å². The molecule has 0 spiro atoms. The summed E-state index contributed by atoms with van der Waals surface area (Å²) in [5, 5.41) is 11.9. The van der Waals surface area contributed by atoms with Crippen molar-refractivity contribution in [2.75, 3.05) is 13.2 Å². The Morgan fingerprint density at radius 3 is 2.83 bits per heavy atom. The minimum Gasteiger partial charge on any atom is -0.486 e. The zero-order valence-electron chi connectivity index (χ0n) is 13.1. The zero-order valence-corrected chi connectivity index (χ0v) is 14.7. The van der Waals surface area contributed by atoms with Gasteiger partial charge in [0.25, 0.3) is 0 Å². The van der Waals surface area contributed by atoms with Crippen LogP contribution < -0.4 is 9.47 Å². The summed E-state index contributed by atoms with van der Waals surface area (Å²) in [5.41, 5.74) is 0.609. The van der Waals surface area contributed by atoms with Crippen LogP contribution in [-0.2, 0) is 5.41 Å². The summed E-state index contributed by atoms with van der Waals surface area (Å²) in [5.74, 6) is 1.95. The molecule has 0 atom stereocenters. The van der Waals surface area contributed by atoms with Gasteiger partial charge in [0, 0.05) is 5.41 Å². The van der Waals surface area contributed by atoms with Gasteiger partial charge >= 0.3 is 0 Å². The SMILES string of the molecule is CC(C)(C)c1n[nH]c(=S)n1/N=C\c1cc(Cl)c2c(c1)OCCO2. The molecular weight excluding hydrogens is 336 g/mol.